The summed E-state index contributed by atoms with van der Waals surface area (Å²) in [7, 11) is -4.12. The molecular weight excluding hydrogens is 570 g/mol. The molecule has 0 radical (unpaired) electrons. The van der Waals surface area contributed by atoms with Crippen molar-refractivity contribution in [2.24, 2.45) is 0 Å². The molecule has 0 aromatic heterocycles. The summed E-state index contributed by atoms with van der Waals surface area (Å²) in [5.41, 5.74) is 3.52. The molecular formula is C36H41N3O4S. The van der Waals surface area contributed by atoms with Gasteiger partial charge in [0.05, 0.1) is 10.6 Å². The van der Waals surface area contributed by atoms with E-state index in [0.29, 0.717) is 5.69 Å². The second-order valence-electron chi connectivity index (χ2n) is 12.1. The van der Waals surface area contributed by atoms with Gasteiger partial charge in [-0.3, -0.25) is 13.9 Å². The molecule has 1 atom stereocenters. The van der Waals surface area contributed by atoms with Crippen LogP contribution in [0.25, 0.3) is 0 Å². The van der Waals surface area contributed by atoms with E-state index in [1.807, 2.05) is 101 Å². The van der Waals surface area contributed by atoms with Gasteiger partial charge in [-0.2, -0.15) is 0 Å². The Morgan fingerprint density at radius 1 is 0.750 bits per heavy atom. The summed E-state index contributed by atoms with van der Waals surface area (Å²) < 4.78 is 29.2. The number of carbonyl (C=O) groups is 2. The first kappa shape index (κ1) is 32.5. The summed E-state index contributed by atoms with van der Waals surface area (Å²) in [6, 6.07) is 31.5. The second kappa shape index (κ2) is 13.9. The van der Waals surface area contributed by atoms with Crippen molar-refractivity contribution < 1.29 is 18.0 Å². The summed E-state index contributed by atoms with van der Waals surface area (Å²) >= 11 is 0. The number of aryl methyl sites for hydroxylation is 2. The number of hydrogen-bond acceptors (Lipinski definition) is 4. The number of nitrogens with one attached hydrogen (secondary N) is 1. The molecule has 0 unspecified atom stereocenters. The van der Waals surface area contributed by atoms with E-state index in [1.165, 1.54) is 17.0 Å². The lowest BCUT2D eigenvalue weighted by Crippen LogP contribution is -2.56. The van der Waals surface area contributed by atoms with Crippen molar-refractivity contribution in [1.82, 2.24) is 10.2 Å². The highest BCUT2D eigenvalue weighted by atomic mass is 32.2. The van der Waals surface area contributed by atoms with Gasteiger partial charge in [-0.1, -0.05) is 96.1 Å². The Morgan fingerprint density at radius 3 is 1.93 bits per heavy atom. The highest BCUT2D eigenvalue weighted by Crippen LogP contribution is 2.25. The number of hydrogen-bond donors (Lipinski definition) is 1. The Hall–Kier alpha value is -4.43. The van der Waals surface area contributed by atoms with Gasteiger partial charge in [-0.25, -0.2) is 8.42 Å². The van der Waals surface area contributed by atoms with E-state index in [-0.39, 0.29) is 23.8 Å². The molecule has 44 heavy (non-hydrogen) atoms. The first-order valence-electron chi connectivity index (χ1n) is 14.7. The first-order chi connectivity index (χ1) is 20.8. The molecule has 0 aliphatic heterocycles. The van der Waals surface area contributed by atoms with Crippen LogP contribution in [-0.4, -0.2) is 43.3 Å². The Labute approximate surface area is 261 Å². The quantitative estimate of drug-likeness (QED) is 0.224. The van der Waals surface area contributed by atoms with E-state index in [1.54, 1.807) is 30.3 Å². The minimum Gasteiger partial charge on any atom is -0.350 e. The highest BCUT2D eigenvalue weighted by Gasteiger charge is 2.35. The molecule has 4 aromatic carbocycles. The standard InChI is InChI=1S/C36H41N3O4S/c1-27-19-21-31(22-20-27)39(44(42,43)32-17-10-7-11-18-32)26-34(40)38(25-30-16-12-13-28(2)23-30)33(35(41)37-36(3,4)5)24-29-14-8-6-9-15-29/h6-23,33H,24-26H2,1-5H3,(H,37,41)/t33-/m0/s1. The fraction of sp³-hybridized carbons (Fsp3) is 0.278. The fourth-order valence-corrected chi connectivity index (χ4v) is 6.41. The monoisotopic (exact) mass is 611 g/mol. The number of benzene rings is 4. The molecule has 0 aliphatic rings. The van der Waals surface area contributed by atoms with Crippen LogP contribution in [0.15, 0.2) is 114 Å². The summed E-state index contributed by atoms with van der Waals surface area (Å²) in [5.74, 6) is -0.799. The Bertz CT molecular complexity index is 1670. The predicted molar refractivity (Wildman–Crippen MR) is 176 cm³/mol. The van der Waals surface area contributed by atoms with E-state index < -0.39 is 34.1 Å². The summed E-state index contributed by atoms with van der Waals surface area (Å²) in [5, 5.41) is 3.05. The first-order valence-corrected chi connectivity index (χ1v) is 16.1. The molecule has 0 saturated carbocycles. The van der Waals surface area contributed by atoms with Crippen LogP contribution in [0.4, 0.5) is 5.69 Å². The van der Waals surface area contributed by atoms with Crippen molar-refractivity contribution in [3.63, 3.8) is 0 Å². The lowest BCUT2D eigenvalue weighted by Gasteiger charge is -2.35. The van der Waals surface area contributed by atoms with Gasteiger partial charge in [0.2, 0.25) is 11.8 Å². The van der Waals surface area contributed by atoms with Crippen molar-refractivity contribution >= 4 is 27.5 Å². The van der Waals surface area contributed by atoms with E-state index in [2.05, 4.69) is 5.32 Å². The molecule has 0 aliphatic carbocycles. The third-order valence-electron chi connectivity index (χ3n) is 7.14. The number of sulfonamides is 1. The Balaban J connectivity index is 1.81. The number of rotatable bonds is 11. The minimum absolute atomic E-state index is 0.0740. The lowest BCUT2D eigenvalue weighted by molar-refractivity contribution is -0.140. The topological polar surface area (TPSA) is 86.8 Å². The van der Waals surface area contributed by atoms with Crippen molar-refractivity contribution in [3.05, 3.63) is 131 Å². The van der Waals surface area contributed by atoms with Crippen LogP contribution in [0.2, 0.25) is 0 Å². The number of nitrogens with zero attached hydrogens (tertiary/aromatic N) is 2. The zero-order valence-electron chi connectivity index (χ0n) is 26.0. The van der Waals surface area contributed by atoms with E-state index in [9.17, 15) is 18.0 Å². The smallest absolute Gasteiger partial charge is 0.264 e. The van der Waals surface area contributed by atoms with Crippen LogP contribution in [0, 0.1) is 13.8 Å². The van der Waals surface area contributed by atoms with Crippen LogP contribution in [0.1, 0.15) is 43.0 Å². The average molecular weight is 612 g/mol. The molecule has 0 heterocycles. The summed E-state index contributed by atoms with van der Waals surface area (Å²) in [6.45, 7) is 9.20. The van der Waals surface area contributed by atoms with Gasteiger partial charge >= 0.3 is 0 Å². The van der Waals surface area contributed by atoms with Gasteiger partial charge in [0.15, 0.2) is 0 Å². The molecule has 0 fully saturated rings. The molecule has 0 bridgehead atoms. The molecule has 1 N–H and O–H groups in total. The number of amides is 2. The molecule has 7 nitrogen and oxygen atoms in total. The van der Waals surface area contributed by atoms with Crippen molar-refractivity contribution in [2.75, 3.05) is 10.8 Å². The van der Waals surface area contributed by atoms with E-state index in [4.69, 9.17) is 0 Å². The zero-order valence-corrected chi connectivity index (χ0v) is 26.8. The van der Waals surface area contributed by atoms with Crippen LogP contribution < -0.4 is 9.62 Å². The van der Waals surface area contributed by atoms with Crippen molar-refractivity contribution in [2.45, 2.75) is 64.1 Å². The maximum absolute atomic E-state index is 14.5. The van der Waals surface area contributed by atoms with Gasteiger partial charge < -0.3 is 10.2 Å². The third-order valence-corrected chi connectivity index (χ3v) is 8.92. The third kappa shape index (κ3) is 8.57. The second-order valence-corrected chi connectivity index (χ2v) is 14.0. The fourth-order valence-electron chi connectivity index (χ4n) is 4.97. The van der Waals surface area contributed by atoms with Gasteiger partial charge in [0.1, 0.15) is 12.6 Å². The summed E-state index contributed by atoms with van der Waals surface area (Å²) in [6.07, 6.45) is 0.260. The molecule has 0 saturated heterocycles. The maximum Gasteiger partial charge on any atom is 0.264 e. The molecule has 0 spiro atoms. The Morgan fingerprint density at radius 2 is 1.34 bits per heavy atom. The molecule has 4 aromatic rings. The molecule has 4 rings (SSSR count). The van der Waals surface area contributed by atoms with E-state index in [0.717, 1.165) is 26.6 Å². The summed E-state index contributed by atoms with van der Waals surface area (Å²) in [4.78, 5) is 30.0. The van der Waals surface area contributed by atoms with E-state index >= 15 is 0 Å². The molecule has 230 valence electrons. The highest BCUT2D eigenvalue weighted by molar-refractivity contribution is 7.92. The Kier molecular flexibility index (Phi) is 10.3. The van der Waals surface area contributed by atoms with Crippen LogP contribution in [-0.2, 0) is 32.6 Å². The van der Waals surface area contributed by atoms with Crippen LogP contribution in [0.3, 0.4) is 0 Å². The zero-order chi connectivity index (χ0) is 31.9. The predicted octanol–water partition coefficient (Wildman–Crippen LogP) is 6.05. The van der Waals surface area contributed by atoms with Crippen LogP contribution in [0.5, 0.6) is 0 Å². The number of anilines is 1. The van der Waals surface area contributed by atoms with Gasteiger partial charge in [0, 0.05) is 18.5 Å². The SMILES string of the molecule is Cc1ccc(N(CC(=O)N(Cc2cccc(C)c2)[C@@H](Cc2ccccc2)C(=O)NC(C)(C)C)S(=O)(=O)c2ccccc2)cc1. The normalized spacial score (nSPS) is 12.3. The van der Waals surface area contributed by atoms with Crippen molar-refractivity contribution in [1.29, 1.82) is 0 Å². The van der Waals surface area contributed by atoms with Gasteiger partial charge in [0.25, 0.3) is 10.0 Å². The number of carbonyl (C=O) groups excluding carboxylic acids is 2. The van der Waals surface area contributed by atoms with Crippen LogP contribution >= 0.6 is 0 Å². The largest absolute Gasteiger partial charge is 0.350 e. The molecule has 2 amide bonds. The lowest BCUT2D eigenvalue weighted by atomic mass is 10.0. The average Bonchev–Trinajstić information content (AvgIpc) is 2.98. The molecule has 8 heteroatoms. The van der Waals surface area contributed by atoms with Gasteiger partial charge in [-0.05, 0) is 70.0 Å². The van der Waals surface area contributed by atoms with Gasteiger partial charge in [-0.15, -0.1) is 0 Å². The maximum atomic E-state index is 14.5. The minimum atomic E-state index is -4.12. The van der Waals surface area contributed by atoms with Crippen molar-refractivity contribution in [3.8, 4) is 0 Å².